The molecule has 1 rings (SSSR count). The van der Waals surface area contributed by atoms with Gasteiger partial charge >= 0.3 is 0 Å². The van der Waals surface area contributed by atoms with Gasteiger partial charge in [0.25, 0.3) is 0 Å². The highest BCUT2D eigenvalue weighted by molar-refractivity contribution is 4.85. The molecule has 0 aromatic heterocycles. The van der Waals surface area contributed by atoms with Gasteiger partial charge < -0.3 is 10.8 Å². The first kappa shape index (κ1) is 4.09. The van der Waals surface area contributed by atoms with Gasteiger partial charge in [-0.15, -0.1) is 0 Å². The maximum Gasteiger partial charge on any atom is 0.0585 e. The average Bonchev–Trinajstić information content (AvgIpc) is 2.19. The molecule has 0 radical (unpaired) electrons. The van der Waals surface area contributed by atoms with E-state index in [4.69, 9.17) is 10.8 Å². The van der Waals surface area contributed by atoms with Crippen LogP contribution in [0.5, 0.6) is 0 Å². The monoisotopic (exact) mass is 87.1 g/mol. The first-order valence-corrected chi connectivity index (χ1v) is 2.22. The Hall–Kier alpha value is -0.0800. The van der Waals surface area contributed by atoms with E-state index in [0.29, 0.717) is 12.5 Å². The molecular formula is C4H9NO. The van der Waals surface area contributed by atoms with E-state index in [9.17, 15) is 0 Å². The molecule has 2 heteroatoms. The molecule has 3 N–H and O–H groups in total. The predicted octanol–water partition coefficient (Wildman–Crippen LogP) is -0.674. The summed E-state index contributed by atoms with van der Waals surface area (Å²) in [5.74, 6) is 0.435. The molecule has 0 aliphatic heterocycles. The van der Waals surface area contributed by atoms with Gasteiger partial charge in [-0.3, -0.25) is 0 Å². The predicted molar refractivity (Wildman–Crippen MR) is 23.2 cm³/mol. The van der Waals surface area contributed by atoms with Crippen molar-refractivity contribution in [2.24, 2.45) is 11.7 Å². The molecular weight excluding hydrogens is 78.0 g/mol. The van der Waals surface area contributed by atoms with Crippen molar-refractivity contribution >= 4 is 0 Å². The molecule has 1 saturated carbocycles. The summed E-state index contributed by atoms with van der Waals surface area (Å²) in [6.45, 7) is 0.654. The Bertz CT molecular complexity index is 53.5. The Morgan fingerprint density at radius 2 is 2.33 bits per heavy atom. The van der Waals surface area contributed by atoms with Gasteiger partial charge in [0.2, 0.25) is 0 Å². The van der Waals surface area contributed by atoms with Crippen LogP contribution in [-0.2, 0) is 0 Å². The number of aliphatic hydroxyl groups is 1. The lowest BCUT2D eigenvalue weighted by Crippen LogP contribution is -2.03. The van der Waals surface area contributed by atoms with Crippen LogP contribution in [0, 0.1) is 5.92 Å². The van der Waals surface area contributed by atoms with Crippen LogP contribution in [-0.4, -0.2) is 17.8 Å². The van der Waals surface area contributed by atoms with Gasteiger partial charge in [0, 0.05) is 0 Å². The number of rotatable bonds is 1. The lowest BCUT2D eigenvalue weighted by Gasteiger charge is -1.79. The minimum Gasteiger partial charge on any atom is -0.393 e. The topological polar surface area (TPSA) is 46.2 Å². The zero-order valence-corrected chi connectivity index (χ0v) is 3.59. The Morgan fingerprint density at radius 3 is 2.33 bits per heavy atom. The minimum atomic E-state index is -0.0602. The first-order valence-electron chi connectivity index (χ1n) is 2.22. The molecule has 1 fully saturated rings. The largest absolute Gasteiger partial charge is 0.393 e. The number of hydrogen-bond donors (Lipinski definition) is 2. The molecule has 0 spiro atoms. The van der Waals surface area contributed by atoms with Gasteiger partial charge in [-0.2, -0.15) is 0 Å². The van der Waals surface area contributed by atoms with Crippen LogP contribution in [0.4, 0.5) is 0 Å². The van der Waals surface area contributed by atoms with E-state index in [1.807, 2.05) is 0 Å². The molecule has 0 amide bonds. The highest BCUT2D eigenvalue weighted by Crippen LogP contribution is 2.27. The van der Waals surface area contributed by atoms with Crippen molar-refractivity contribution in [2.45, 2.75) is 12.5 Å². The van der Waals surface area contributed by atoms with E-state index in [0.717, 1.165) is 6.42 Å². The van der Waals surface area contributed by atoms with Gasteiger partial charge in [0.1, 0.15) is 0 Å². The molecule has 0 heterocycles. The van der Waals surface area contributed by atoms with Crippen LogP contribution < -0.4 is 5.73 Å². The Labute approximate surface area is 37.0 Å². The van der Waals surface area contributed by atoms with Crippen molar-refractivity contribution in [3.05, 3.63) is 0 Å². The van der Waals surface area contributed by atoms with Crippen molar-refractivity contribution in [1.82, 2.24) is 0 Å². The lowest BCUT2D eigenvalue weighted by molar-refractivity contribution is 0.261. The summed E-state index contributed by atoms with van der Waals surface area (Å²) in [6, 6.07) is 0. The Kier molecular flexibility index (Phi) is 0.821. The van der Waals surface area contributed by atoms with Crippen LogP contribution in [0.3, 0.4) is 0 Å². The third-order valence-electron chi connectivity index (χ3n) is 1.19. The summed E-state index contributed by atoms with van der Waals surface area (Å²) in [7, 11) is 0. The highest BCUT2D eigenvalue weighted by atomic mass is 16.3. The van der Waals surface area contributed by atoms with Gasteiger partial charge in [-0.05, 0) is 18.9 Å². The molecule has 0 aromatic rings. The van der Waals surface area contributed by atoms with Crippen molar-refractivity contribution in [2.75, 3.05) is 6.54 Å². The minimum absolute atomic E-state index is 0.0602. The van der Waals surface area contributed by atoms with E-state index in [2.05, 4.69) is 0 Å². The van der Waals surface area contributed by atoms with Gasteiger partial charge in [-0.1, -0.05) is 0 Å². The van der Waals surface area contributed by atoms with Gasteiger partial charge in [0.15, 0.2) is 0 Å². The summed E-state index contributed by atoms with van der Waals surface area (Å²) in [6.07, 6.45) is 0.867. The molecule has 1 aliphatic carbocycles. The fourth-order valence-electron chi connectivity index (χ4n) is 0.485. The molecule has 2 atom stereocenters. The molecule has 2 nitrogen and oxygen atoms in total. The van der Waals surface area contributed by atoms with E-state index in [1.165, 1.54) is 0 Å². The highest BCUT2D eigenvalue weighted by Gasteiger charge is 2.33. The van der Waals surface area contributed by atoms with Crippen LogP contribution in [0.25, 0.3) is 0 Å². The second-order valence-corrected chi connectivity index (χ2v) is 1.80. The van der Waals surface area contributed by atoms with Gasteiger partial charge in [0.05, 0.1) is 6.10 Å². The van der Waals surface area contributed by atoms with E-state index >= 15 is 0 Å². The third kappa shape index (κ3) is 0.533. The molecule has 0 aromatic carbocycles. The normalized spacial score (nSPS) is 43.0. The fourth-order valence-corrected chi connectivity index (χ4v) is 0.485. The molecule has 0 bridgehead atoms. The smallest absolute Gasteiger partial charge is 0.0585 e. The van der Waals surface area contributed by atoms with E-state index < -0.39 is 0 Å². The second kappa shape index (κ2) is 1.21. The molecule has 6 heavy (non-hydrogen) atoms. The molecule has 36 valence electrons. The van der Waals surface area contributed by atoms with Crippen LogP contribution in [0.15, 0.2) is 0 Å². The standard InChI is InChI=1S/C4H9NO/c5-2-3-1-4(3)6/h3-4,6H,1-2,5H2/t3-,4-/m0/s1. The van der Waals surface area contributed by atoms with Crippen LogP contribution >= 0.6 is 0 Å². The van der Waals surface area contributed by atoms with Crippen molar-refractivity contribution < 1.29 is 5.11 Å². The molecule has 1 aliphatic rings. The van der Waals surface area contributed by atoms with Crippen LogP contribution in [0.2, 0.25) is 0 Å². The van der Waals surface area contributed by atoms with Crippen molar-refractivity contribution in [3.63, 3.8) is 0 Å². The molecule has 0 unspecified atom stereocenters. The van der Waals surface area contributed by atoms with E-state index in [-0.39, 0.29) is 6.10 Å². The zero-order valence-electron chi connectivity index (χ0n) is 3.59. The average molecular weight is 87.1 g/mol. The maximum absolute atomic E-state index is 8.55. The maximum atomic E-state index is 8.55. The zero-order chi connectivity index (χ0) is 4.57. The summed E-state index contributed by atoms with van der Waals surface area (Å²) in [5, 5.41) is 8.55. The SMILES string of the molecule is NC[C@@H]1C[C@@H]1O. The van der Waals surface area contributed by atoms with E-state index in [1.54, 1.807) is 0 Å². The second-order valence-electron chi connectivity index (χ2n) is 1.80. The Balaban J connectivity index is 2.09. The number of nitrogens with two attached hydrogens (primary N) is 1. The number of hydrogen-bond acceptors (Lipinski definition) is 2. The summed E-state index contributed by atoms with van der Waals surface area (Å²) >= 11 is 0. The van der Waals surface area contributed by atoms with Crippen molar-refractivity contribution in [1.29, 1.82) is 0 Å². The van der Waals surface area contributed by atoms with Crippen molar-refractivity contribution in [3.8, 4) is 0 Å². The summed E-state index contributed by atoms with van der Waals surface area (Å²) < 4.78 is 0. The van der Waals surface area contributed by atoms with Crippen LogP contribution in [0.1, 0.15) is 6.42 Å². The number of aliphatic hydroxyl groups excluding tert-OH is 1. The summed E-state index contributed by atoms with van der Waals surface area (Å²) in [4.78, 5) is 0. The quantitative estimate of drug-likeness (QED) is 0.445. The van der Waals surface area contributed by atoms with Gasteiger partial charge in [-0.25, -0.2) is 0 Å². The first-order chi connectivity index (χ1) is 2.84. The third-order valence-corrected chi connectivity index (χ3v) is 1.19. The Morgan fingerprint density at radius 1 is 1.83 bits per heavy atom. The molecule has 0 saturated heterocycles. The lowest BCUT2D eigenvalue weighted by atomic mass is 10.4. The summed E-state index contributed by atoms with van der Waals surface area (Å²) in [5.41, 5.74) is 5.16. The fraction of sp³-hybridized carbons (Fsp3) is 1.00.